The highest BCUT2D eigenvalue weighted by molar-refractivity contribution is 9.10. The number of aliphatic imine (C=N–C) groups is 1. The van der Waals surface area contributed by atoms with Gasteiger partial charge in [0.05, 0.1) is 6.04 Å². The zero-order chi connectivity index (χ0) is 15.4. The molecule has 2 rings (SSSR count). The van der Waals surface area contributed by atoms with Crippen molar-refractivity contribution in [3.63, 3.8) is 0 Å². The van der Waals surface area contributed by atoms with Crippen LogP contribution in [-0.2, 0) is 0 Å². The van der Waals surface area contributed by atoms with E-state index < -0.39 is 6.10 Å². The van der Waals surface area contributed by atoms with Gasteiger partial charge in [0, 0.05) is 16.3 Å². The summed E-state index contributed by atoms with van der Waals surface area (Å²) in [7, 11) is 0. The lowest BCUT2D eigenvalue weighted by molar-refractivity contribution is 0.154. The van der Waals surface area contributed by atoms with E-state index in [-0.39, 0.29) is 17.5 Å². The van der Waals surface area contributed by atoms with Crippen LogP contribution in [0.1, 0.15) is 24.2 Å². The van der Waals surface area contributed by atoms with Gasteiger partial charge in [-0.1, -0.05) is 28.1 Å². The Labute approximate surface area is 131 Å². The van der Waals surface area contributed by atoms with Crippen molar-refractivity contribution in [1.82, 2.24) is 0 Å². The van der Waals surface area contributed by atoms with Crippen molar-refractivity contribution in [1.29, 1.82) is 0 Å². The van der Waals surface area contributed by atoms with E-state index in [9.17, 15) is 15.3 Å². The predicted molar refractivity (Wildman–Crippen MR) is 85.9 cm³/mol. The Morgan fingerprint density at radius 3 is 2.43 bits per heavy atom. The number of nitrogens with zero attached hydrogens (tertiary/aromatic N) is 1. The normalized spacial score (nSPS) is 14.2. The highest BCUT2D eigenvalue weighted by Gasteiger charge is 2.15. The first-order chi connectivity index (χ1) is 9.97. The second kappa shape index (κ2) is 6.74. The molecule has 2 aromatic carbocycles. The van der Waals surface area contributed by atoms with Gasteiger partial charge in [-0.05, 0) is 42.8 Å². The molecule has 0 aliphatic heterocycles. The van der Waals surface area contributed by atoms with Gasteiger partial charge in [-0.2, -0.15) is 0 Å². The molecule has 4 nitrogen and oxygen atoms in total. The van der Waals surface area contributed by atoms with E-state index in [1.165, 1.54) is 18.3 Å². The van der Waals surface area contributed by atoms with Crippen LogP contribution in [0.15, 0.2) is 51.9 Å². The minimum Gasteiger partial charge on any atom is -0.508 e. The van der Waals surface area contributed by atoms with E-state index >= 15 is 0 Å². The van der Waals surface area contributed by atoms with Crippen LogP contribution in [0.5, 0.6) is 11.5 Å². The third kappa shape index (κ3) is 4.06. The molecule has 2 aromatic rings. The topological polar surface area (TPSA) is 73.1 Å². The number of rotatable bonds is 4. The van der Waals surface area contributed by atoms with Gasteiger partial charge >= 0.3 is 0 Å². The maximum Gasteiger partial charge on any atom is 0.124 e. The zero-order valence-corrected chi connectivity index (χ0v) is 13.0. The lowest BCUT2D eigenvalue weighted by Crippen LogP contribution is -2.12. The van der Waals surface area contributed by atoms with E-state index in [0.29, 0.717) is 11.1 Å². The minimum atomic E-state index is -0.781. The van der Waals surface area contributed by atoms with Gasteiger partial charge in [-0.3, -0.25) is 4.99 Å². The van der Waals surface area contributed by atoms with Crippen molar-refractivity contribution < 1.29 is 15.3 Å². The number of phenolic OH excluding ortho intramolecular Hbond substituents is 2. The number of hydrogen-bond acceptors (Lipinski definition) is 4. The summed E-state index contributed by atoms with van der Waals surface area (Å²) in [6.07, 6.45) is 0.755. The van der Waals surface area contributed by atoms with Crippen molar-refractivity contribution in [2.45, 2.75) is 19.1 Å². The van der Waals surface area contributed by atoms with Gasteiger partial charge in [0.15, 0.2) is 0 Å². The number of phenols is 2. The molecule has 0 spiro atoms. The number of aliphatic hydroxyl groups is 1. The SMILES string of the molecule is C[C@@H](N=Cc1cc(Br)ccc1O)[C@@H](O)c1ccc(O)cc1. The Kier molecular flexibility index (Phi) is 4.98. The second-order valence-corrected chi connectivity index (χ2v) is 5.67. The summed E-state index contributed by atoms with van der Waals surface area (Å²) in [5.74, 6) is 0.287. The van der Waals surface area contributed by atoms with Crippen LogP contribution in [0.4, 0.5) is 0 Å². The number of hydrogen-bond donors (Lipinski definition) is 3. The van der Waals surface area contributed by atoms with Crippen LogP contribution in [-0.4, -0.2) is 27.6 Å². The molecule has 0 amide bonds. The maximum absolute atomic E-state index is 10.2. The Morgan fingerprint density at radius 1 is 1.10 bits per heavy atom. The third-order valence-electron chi connectivity index (χ3n) is 3.13. The van der Waals surface area contributed by atoms with Gasteiger partial charge in [-0.15, -0.1) is 0 Å². The van der Waals surface area contributed by atoms with Crippen LogP contribution < -0.4 is 0 Å². The molecule has 0 saturated heterocycles. The van der Waals surface area contributed by atoms with Crippen molar-refractivity contribution in [3.8, 4) is 11.5 Å². The smallest absolute Gasteiger partial charge is 0.124 e. The maximum atomic E-state index is 10.2. The average molecular weight is 350 g/mol. The molecule has 0 aliphatic rings. The summed E-state index contributed by atoms with van der Waals surface area (Å²) in [6, 6.07) is 11.0. The second-order valence-electron chi connectivity index (χ2n) is 4.76. The van der Waals surface area contributed by atoms with Crippen LogP contribution in [0.3, 0.4) is 0 Å². The first-order valence-electron chi connectivity index (χ1n) is 6.46. The number of benzene rings is 2. The predicted octanol–water partition coefficient (Wildman–Crippen LogP) is 3.40. The van der Waals surface area contributed by atoms with E-state index in [4.69, 9.17) is 0 Å². The summed E-state index contributed by atoms with van der Waals surface area (Å²) in [4.78, 5) is 4.28. The van der Waals surface area contributed by atoms with Crippen molar-refractivity contribution in [3.05, 3.63) is 58.1 Å². The first kappa shape index (κ1) is 15.5. The molecule has 0 radical (unpaired) electrons. The molecule has 0 aromatic heterocycles. The molecular weight excluding hydrogens is 334 g/mol. The van der Waals surface area contributed by atoms with Gasteiger partial charge < -0.3 is 15.3 Å². The van der Waals surface area contributed by atoms with Crippen LogP contribution in [0, 0.1) is 0 Å². The Morgan fingerprint density at radius 2 is 1.76 bits per heavy atom. The van der Waals surface area contributed by atoms with Crippen molar-refractivity contribution in [2.75, 3.05) is 0 Å². The minimum absolute atomic E-state index is 0.133. The van der Waals surface area contributed by atoms with Crippen molar-refractivity contribution in [2.24, 2.45) is 4.99 Å². The summed E-state index contributed by atoms with van der Waals surface area (Å²) < 4.78 is 0.841. The van der Waals surface area contributed by atoms with Crippen molar-refractivity contribution >= 4 is 22.1 Å². The summed E-state index contributed by atoms with van der Waals surface area (Å²) >= 11 is 3.33. The van der Waals surface area contributed by atoms with Gasteiger partial charge in [-0.25, -0.2) is 0 Å². The quantitative estimate of drug-likeness (QED) is 0.740. The molecule has 3 N–H and O–H groups in total. The fourth-order valence-corrected chi connectivity index (χ4v) is 2.24. The van der Waals surface area contributed by atoms with E-state index in [0.717, 1.165) is 4.47 Å². The standard InChI is InChI=1S/C16H16BrNO3/c1-10(16(21)11-2-5-14(19)6-3-11)18-9-12-8-13(17)4-7-15(12)20/h2-10,16,19-21H,1H3/t10-,16-/m1/s1. The fraction of sp³-hybridized carbons (Fsp3) is 0.188. The molecule has 110 valence electrons. The largest absolute Gasteiger partial charge is 0.508 e. The monoisotopic (exact) mass is 349 g/mol. The molecule has 2 atom stereocenters. The van der Waals surface area contributed by atoms with Gasteiger partial charge in [0.1, 0.15) is 17.6 Å². The molecule has 0 bridgehead atoms. The Balaban J connectivity index is 2.13. The Bertz CT molecular complexity index is 640. The average Bonchev–Trinajstić information content (AvgIpc) is 2.48. The number of halogens is 1. The van der Waals surface area contributed by atoms with Crippen LogP contribution in [0.2, 0.25) is 0 Å². The first-order valence-corrected chi connectivity index (χ1v) is 7.25. The molecule has 5 heteroatoms. The summed E-state index contributed by atoms with van der Waals surface area (Å²) in [6.45, 7) is 1.78. The molecule has 0 saturated carbocycles. The van der Waals surface area contributed by atoms with E-state index in [1.807, 2.05) is 0 Å². The van der Waals surface area contributed by atoms with Crippen LogP contribution >= 0.6 is 15.9 Å². The lowest BCUT2D eigenvalue weighted by Gasteiger charge is -2.15. The Hall–Kier alpha value is -1.85. The molecular formula is C16H16BrNO3. The molecule has 0 fully saturated rings. The zero-order valence-electron chi connectivity index (χ0n) is 11.4. The summed E-state index contributed by atoms with van der Waals surface area (Å²) in [5.41, 5.74) is 1.25. The van der Waals surface area contributed by atoms with E-state index in [1.54, 1.807) is 37.3 Å². The lowest BCUT2D eigenvalue weighted by atomic mass is 10.0. The fourth-order valence-electron chi connectivity index (χ4n) is 1.86. The van der Waals surface area contributed by atoms with Gasteiger partial charge in [0.2, 0.25) is 0 Å². The molecule has 21 heavy (non-hydrogen) atoms. The highest BCUT2D eigenvalue weighted by atomic mass is 79.9. The molecule has 0 aliphatic carbocycles. The summed E-state index contributed by atoms with van der Waals surface area (Å²) in [5, 5.41) is 29.2. The van der Waals surface area contributed by atoms with Gasteiger partial charge in [0.25, 0.3) is 0 Å². The highest BCUT2D eigenvalue weighted by Crippen LogP contribution is 2.23. The molecule has 0 heterocycles. The third-order valence-corrected chi connectivity index (χ3v) is 3.62. The number of aromatic hydroxyl groups is 2. The molecule has 0 unspecified atom stereocenters. The van der Waals surface area contributed by atoms with E-state index in [2.05, 4.69) is 20.9 Å². The van der Waals surface area contributed by atoms with Crippen LogP contribution in [0.25, 0.3) is 0 Å². The number of aliphatic hydroxyl groups excluding tert-OH is 1.